The number of amides is 2. The van der Waals surface area contributed by atoms with Crippen molar-refractivity contribution < 1.29 is 65.4 Å². The number of imidazole rings is 2. The van der Waals surface area contributed by atoms with Crippen molar-refractivity contribution in [3.05, 3.63) is 65.2 Å². The fourth-order valence-corrected chi connectivity index (χ4v) is 8.96. The minimum atomic E-state index is -4.91. The summed E-state index contributed by atoms with van der Waals surface area (Å²) in [6.07, 6.45) is -7.94. The number of alkyl halides is 1. The maximum absolute atomic E-state index is 16.3. The maximum Gasteiger partial charge on any atom is 0.695 e. The maximum atomic E-state index is 16.3. The molecule has 8 rings (SSSR count). The highest BCUT2D eigenvalue weighted by molar-refractivity contribution is 7.48. The number of carbonyl (C=O) groups is 2. The number of H-pyrrole nitrogens is 1. The fourth-order valence-electron chi connectivity index (χ4n) is 7.10. The van der Waals surface area contributed by atoms with E-state index in [0.29, 0.717) is 5.56 Å². The predicted octanol–water partition coefficient (Wildman–Crippen LogP) is 2.18. The highest BCUT2D eigenvalue weighted by Gasteiger charge is 2.65. The summed E-state index contributed by atoms with van der Waals surface area (Å²) in [5, 5.41) is 25.0. The Labute approximate surface area is 354 Å². The Bertz CT molecular complexity index is 2700. The number of phosphoric ester groups is 1. The van der Waals surface area contributed by atoms with Gasteiger partial charge in [-0.3, -0.25) is 47.4 Å². The highest BCUT2D eigenvalue weighted by Crippen LogP contribution is 2.58. The topological polar surface area (TPSA) is 328 Å². The molecule has 0 aliphatic carbocycles. The van der Waals surface area contributed by atoms with E-state index in [9.17, 15) is 38.8 Å². The smallest absolute Gasteiger partial charge is 0.393 e. The van der Waals surface area contributed by atoms with Crippen molar-refractivity contribution in [3.63, 3.8) is 0 Å². The average molecular weight is 917 g/mol. The number of hydrogen-bond acceptors (Lipinski definition) is 19. The molecular formula is C35H37FN11O14P2+. The molecule has 3 fully saturated rings. The van der Waals surface area contributed by atoms with Crippen LogP contribution in [0.5, 0.6) is 0 Å². The van der Waals surface area contributed by atoms with Crippen molar-refractivity contribution in [1.29, 1.82) is 5.26 Å². The zero-order valence-corrected chi connectivity index (χ0v) is 34.7. The van der Waals surface area contributed by atoms with Gasteiger partial charge in [0.05, 0.1) is 51.6 Å². The number of halogens is 1. The number of hydrogen-bond donors (Lipinski definition) is 5. The third-order valence-electron chi connectivity index (χ3n) is 10.2. The van der Waals surface area contributed by atoms with Crippen LogP contribution in [-0.4, -0.2) is 123 Å². The molecule has 3 saturated heterocycles. The first-order chi connectivity index (χ1) is 30.2. The van der Waals surface area contributed by atoms with E-state index in [4.69, 9.17) is 32.3 Å². The molecule has 0 saturated carbocycles. The van der Waals surface area contributed by atoms with Crippen molar-refractivity contribution in [1.82, 2.24) is 39.0 Å². The lowest BCUT2D eigenvalue weighted by atomic mass is 10.0. The number of nitrogens with zero attached hydrogens (tertiary/aromatic N) is 8. The Kier molecular flexibility index (Phi) is 12.5. The molecule has 0 spiro atoms. The molecule has 332 valence electrons. The van der Waals surface area contributed by atoms with Gasteiger partial charge in [0.2, 0.25) is 11.9 Å². The molecule has 7 heterocycles. The molecule has 4 aromatic heterocycles. The molecule has 5 N–H and O–H groups in total. The Balaban J connectivity index is 1.03. The number of aliphatic hydroxyl groups excluding tert-OH is 1. The third-order valence-corrected chi connectivity index (χ3v) is 12.1. The molecule has 3 aliphatic rings. The van der Waals surface area contributed by atoms with Gasteiger partial charge in [-0.2, -0.15) is 10.2 Å². The molecule has 25 nitrogen and oxygen atoms in total. The minimum absolute atomic E-state index is 0.0807. The molecule has 2 bridgehead atoms. The van der Waals surface area contributed by atoms with Crippen LogP contribution in [-0.2, 0) is 46.2 Å². The number of phosphoric acid groups is 1. The molecule has 3 aliphatic heterocycles. The number of carbonyl (C=O) groups excluding carboxylic acids is 2. The van der Waals surface area contributed by atoms with Gasteiger partial charge in [0, 0.05) is 16.0 Å². The third kappa shape index (κ3) is 8.61. The molecular weight excluding hydrogens is 879 g/mol. The fraction of sp³-hybridized carbons (Fsp3) is 0.457. The highest BCUT2D eigenvalue weighted by atomic mass is 31.2. The number of nitriles is 1. The number of aromatic nitrogens is 8. The van der Waals surface area contributed by atoms with Gasteiger partial charge in [-0.05, 0) is 12.1 Å². The van der Waals surface area contributed by atoms with Crippen LogP contribution < -0.4 is 16.2 Å². The van der Waals surface area contributed by atoms with E-state index in [0.717, 1.165) is 10.9 Å². The van der Waals surface area contributed by atoms with E-state index in [1.165, 1.54) is 17.2 Å². The van der Waals surface area contributed by atoms with Gasteiger partial charge in [-0.1, -0.05) is 32.0 Å². The van der Waals surface area contributed by atoms with Gasteiger partial charge in [0.25, 0.3) is 11.5 Å². The van der Waals surface area contributed by atoms with Crippen molar-refractivity contribution >= 4 is 62.0 Å². The first kappa shape index (κ1) is 44.1. The number of benzene rings is 1. The lowest BCUT2D eigenvalue weighted by molar-refractivity contribution is -0.185. The van der Waals surface area contributed by atoms with Crippen LogP contribution in [0.3, 0.4) is 0 Å². The largest absolute Gasteiger partial charge is 0.695 e. The van der Waals surface area contributed by atoms with Crippen molar-refractivity contribution in [2.75, 3.05) is 37.1 Å². The number of fused-ring (bicyclic) bond motifs is 4. The van der Waals surface area contributed by atoms with E-state index in [1.54, 1.807) is 44.2 Å². The zero-order valence-electron chi connectivity index (χ0n) is 32.9. The molecule has 0 radical (unpaired) electrons. The Morgan fingerprint density at radius 1 is 1.11 bits per heavy atom. The van der Waals surface area contributed by atoms with Crippen LogP contribution >= 0.6 is 16.1 Å². The van der Waals surface area contributed by atoms with Crippen LogP contribution in [0.25, 0.3) is 22.3 Å². The number of anilines is 2. The molecule has 5 aromatic rings. The first-order valence-corrected chi connectivity index (χ1v) is 21.6. The van der Waals surface area contributed by atoms with Gasteiger partial charge in [0.15, 0.2) is 52.9 Å². The van der Waals surface area contributed by atoms with Crippen LogP contribution in [0, 0.1) is 17.2 Å². The number of aliphatic hydroxyl groups is 1. The molecule has 2 amide bonds. The Hall–Kier alpha value is -5.55. The van der Waals surface area contributed by atoms with E-state index in [1.807, 2.05) is 6.07 Å². The zero-order chi connectivity index (χ0) is 44.6. The Morgan fingerprint density at radius 2 is 1.86 bits per heavy atom. The Morgan fingerprint density at radius 3 is 2.57 bits per heavy atom. The summed E-state index contributed by atoms with van der Waals surface area (Å²) in [6.45, 7) is 0.800. The second kappa shape index (κ2) is 17.9. The lowest BCUT2D eigenvalue weighted by Gasteiger charge is -2.30. The molecule has 28 heteroatoms. The SMILES string of the molecule is CC(C)C(=O)Nc1nc2c(ncn2[C@@H]2O[C@H](COP(=O)(OCCC#N)O[C@H]3[C@H]4OC[C@]3(CO)O[C@H]4n3cnc4c(NC(=O)c5ccccc5)ncnc43)[C@@H](F)[C@H]2O[P+](=O)O)c(=O)[nH]1. The van der Waals surface area contributed by atoms with Crippen LogP contribution in [0.4, 0.5) is 16.2 Å². The summed E-state index contributed by atoms with van der Waals surface area (Å²) in [4.78, 5) is 71.2. The summed E-state index contributed by atoms with van der Waals surface area (Å²) in [7, 11) is -8.36. The molecule has 10 atom stereocenters. The van der Waals surface area contributed by atoms with Crippen LogP contribution in [0.1, 0.15) is 43.1 Å². The number of ether oxygens (including phenoxy) is 3. The molecule has 63 heavy (non-hydrogen) atoms. The van der Waals surface area contributed by atoms with Crippen molar-refractivity contribution in [3.8, 4) is 6.07 Å². The number of nitrogens with one attached hydrogen (secondary N) is 3. The molecule has 1 aromatic carbocycles. The summed E-state index contributed by atoms with van der Waals surface area (Å²) in [5.74, 6) is -1.63. The lowest BCUT2D eigenvalue weighted by Crippen LogP contribution is -2.45. The first-order valence-electron chi connectivity index (χ1n) is 19.0. The summed E-state index contributed by atoms with van der Waals surface area (Å²) >= 11 is 0. The second-order valence-corrected chi connectivity index (χ2v) is 16.9. The van der Waals surface area contributed by atoms with Gasteiger partial charge >= 0.3 is 16.1 Å². The number of aromatic amines is 1. The van der Waals surface area contributed by atoms with Crippen molar-refractivity contribution in [2.24, 2.45) is 5.92 Å². The van der Waals surface area contributed by atoms with E-state index in [-0.39, 0.29) is 47.1 Å². The summed E-state index contributed by atoms with van der Waals surface area (Å²) < 4.78 is 85.4. The summed E-state index contributed by atoms with van der Waals surface area (Å²) in [6, 6.07) is 10.2. The molecule has 2 unspecified atom stereocenters. The standard InChI is InChI=1S/C35H36FN11O14P2/c1-17(2)29(49)44-34-43-28-22(31(51)45-34)41-16-47(28)32-23(60-62(52)53)20(36)19(58-32)11-57-63(54,56-10-6-9-37)61-25-24-33(59-35(25,12-48)13-55-24)46-15-40-21-26(38-14-39-27(21)46)42-30(50)18-7-4-3-5-8-18/h3-5,7-8,14-17,19-20,23-25,32-33,48H,6,10-13H2,1-2H3,(H3-,38,39,42,43,44,45,49,50,51,52,53)/p+1/t19-,20-,23-,24-,25+,32-,33-,35+,63?/m1/s1. The quantitative estimate of drug-likeness (QED) is 0.0659. The van der Waals surface area contributed by atoms with Crippen LogP contribution in [0.15, 0.2) is 54.1 Å². The van der Waals surface area contributed by atoms with Gasteiger partial charge in [-0.15, -0.1) is 9.42 Å². The van der Waals surface area contributed by atoms with E-state index >= 15 is 4.39 Å². The van der Waals surface area contributed by atoms with Crippen molar-refractivity contribution in [2.45, 2.75) is 68.9 Å². The van der Waals surface area contributed by atoms with Crippen LogP contribution in [0.2, 0.25) is 0 Å². The number of rotatable bonds is 17. The summed E-state index contributed by atoms with van der Waals surface area (Å²) in [5.41, 5.74) is -2.24. The van der Waals surface area contributed by atoms with Gasteiger partial charge in [-0.25, -0.2) is 28.9 Å². The van der Waals surface area contributed by atoms with E-state index < -0.39 is 108 Å². The predicted molar refractivity (Wildman–Crippen MR) is 209 cm³/mol. The average Bonchev–Trinajstić information content (AvgIpc) is 4.09. The second-order valence-electron chi connectivity index (χ2n) is 14.6. The normalized spacial score (nSPS) is 26.6. The monoisotopic (exact) mass is 916 g/mol. The van der Waals surface area contributed by atoms with Gasteiger partial charge in [0.1, 0.15) is 30.2 Å². The van der Waals surface area contributed by atoms with Gasteiger partial charge < -0.3 is 24.6 Å². The van der Waals surface area contributed by atoms with E-state index in [2.05, 4.69) is 40.5 Å². The minimum Gasteiger partial charge on any atom is -0.393 e.